The molecule has 1 saturated heterocycles. The van der Waals surface area contributed by atoms with Crippen LogP contribution in [0.3, 0.4) is 0 Å². The van der Waals surface area contributed by atoms with E-state index in [9.17, 15) is 9.59 Å². The number of halogens is 2. The van der Waals surface area contributed by atoms with E-state index in [0.717, 1.165) is 12.8 Å². The van der Waals surface area contributed by atoms with Crippen LogP contribution in [0.25, 0.3) is 16.8 Å². The SMILES string of the molecule is CC(=O)c1sc(NC2CCCN(OC(=O)c3cc4cnc(-c5ccc(Cl)cc5Cl)cn4n3)C2)nc1N. The van der Waals surface area contributed by atoms with E-state index in [1.807, 2.05) is 0 Å². The fourth-order valence-corrected chi connectivity index (χ4v) is 5.32. The molecule has 13 heteroatoms. The molecular weight excluding hydrogens is 525 g/mol. The molecule has 0 spiro atoms. The maximum absolute atomic E-state index is 12.8. The lowest BCUT2D eigenvalue weighted by atomic mass is 10.1. The van der Waals surface area contributed by atoms with Gasteiger partial charge in [0.1, 0.15) is 10.7 Å². The van der Waals surface area contributed by atoms with Crippen molar-refractivity contribution in [2.45, 2.75) is 25.8 Å². The Morgan fingerprint density at radius 2 is 2.11 bits per heavy atom. The quantitative estimate of drug-likeness (QED) is 0.334. The van der Waals surface area contributed by atoms with E-state index in [4.69, 9.17) is 33.8 Å². The van der Waals surface area contributed by atoms with E-state index in [2.05, 4.69) is 20.4 Å². The third-order valence-electron chi connectivity index (χ3n) is 5.66. The number of fused-ring (bicyclic) bond motifs is 1. The number of hydrogen-bond acceptors (Lipinski definition) is 10. The van der Waals surface area contributed by atoms with Crippen molar-refractivity contribution in [3.8, 4) is 11.3 Å². The molecule has 186 valence electrons. The molecule has 0 aliphatic carbocycles. The Kier molecular flexibility index (Phi) is 6.80. The fourth-order valence-electron chi connectivity index (χ4n) is 3.96. The normalized spacial score (nSPS) is 16.2. The number of thiazole rings is 1. The van der Waals surface area contributed by atoms with Gasteiger partial charge < -0.3 is 15.9 Å². The van der Waals surface area contributed by atoms with Crippen LogP contribution in [-0.4, -0.2) is 55.5 Å². The van der Waals surface area contributed by atoms with Crippen molar-refractivity contribution in [3.63, 3.8) is 0 Å². The number of carbonyl (C=O) groups is 2. The highest BCUT2D eigenvalue weighted by Crippen LogP contribution is 2.30. The number of hydroxylamine groups is 2. The molecule has 0 amide bonds. The Labute approximate surface area is 219 Å². The van der Waals surface area contributed by atoms with Crippen LogP contribution < -0.4 is 11.1 Å². The van der Waals surface area contributed by atoms with Gasteiger partial charge in [0.2, 0.25) is 0 Å². The summed E-state index contributed by atoms with van der Waals surface area (Å²) >= 11 is 13.5. The Bertz CT molecular complexity index is 1470. The van der Waals surface area contributed by atoms with Crippen molar-refractivity contribution in [3.05, 3.63) is 57.3 Å². The van der Waals surface area contributed by atoms with Gasteiger partial charge in [-0.3, -0.25) is 9.78 Å². The molecule has 1 fully saturated rings. The fraction of sp³-hybridized carbons (Fsp3) is 0.261. The van der Waals surface area contributed by atoms with Crippen LogP contribution in [0.4, 0.5) is 10.9 Å². The van der Waals surface area contributed by atoms with Crippen LogP contribution >= 0.6 is 34.5 Å². The van der Waals surface area contributed by atoms with Crippen molar-refractivity contribution in [2.75, 3.05) is 24.1 Å². The van der Waals surface area contributed by atoms with Crippen molar-refractivity contribution >= 4 is 62.8 Å². The van der Waals surface area contributed by atoms with Crippen LogP contribution in [0.2, 0.25) is 10.0 Å². The Balaban J connectivity index is 1.26. The lowest BCUT2D eigenvalue weighted by molar-refractivity contribution is -0.121. The van der Waals surface area contributed by atoms with Gasteiger partial charge in [-0.15, -0.1) is 5.06 Å². The Morgan fingerprint density at radius 3 is 2.86 bits per heavy atom. The smallest absolute Gasteiger partial charge is 0.377 e. The summed E-state index contributed by atoms with van der Waals surface area (Å²) in [6.07, 6.45) is 4.97. The number of carbonyl (C=O) groups excluding carboxylic acids is 2. The number of nitrogens with zero attached hydrogens (tertiary/aromatic N) is 5. The maximum Gasteiger partial charge on any atom is 0.377 e. The summed E-state index contributed by atoms with van der Waals surface area (Å²) in [4.78, 5) is 39.2. The first kappa shape index (κ1) is 24.4. The van der Waals surface area contributed by atoms with Gasteiger partial charge in [0.25, 0.3) is 0 Å². The summed E-state index contributed by atoms with van der Waals surface area (Å²) in [6.45, 7) is 2.50. The van der Waals surface area contributed by atoms with Gasteiger partial charge in [-0.05, 0) is 31.0 Å². The van der Waals surface area contributed by atoms with E-state index in [-0.39, 0.29) is 23.3 Å². The number of benzene rings is 1. The van der Waals surface area contributed by atoms with E-state index in [1.165, 1.54) is 18.3 Å². The third-order valence-corrected chi connectivity index (χ3v) is 7.31. The molecule has 3 N–H and O–H groups in total. The average molecular weight is 546 g/mol. The predicted molar refractivity (Wildman–Crippen MR) is 139 cm³/mol. The second kappa shape index (κ2) is 10.0. The Hall–Kier alpha value is -3.25. The minimum atomic E-state index is -0.567. The molecule has 1 aliphatic heterocycles. The molecule has 1 aliphatic rings. The summed E-state index contributed by atoms with van der Waals surface area (Å²) in [5.41, 5.74) is 7.91. The number of Topliss-reactive ketones (excluding diaryl/α,β-unsaturated/α-hetero) is 1. The lowest BCUT2D eigenvalue weighted by Crippen LogP contribution is -2.43. The number of piperidine rings is 1. The molecule has 0 bridgehead atoms. The molecular formula is C23H21Cl2N7O3S. The van der Waals surface area contributed by atoms with Crippen LogP contribution in [0.15, 0.2) is 36.7 Å². The zero-order chi connectivity index (χ0) is 25.4. The highest BCUT2D eigenvalue weighted by molar-refractivity contribution is 7.18. The number of hydrogen-bond donors (Lipinski definition) is 2. The Morgan fingerprint density at radius 1 is 1.28 bits per heavy atom. The zero-order valence-electron chi connectivity index (χ0n) is 19.1. The molecule has 3 aromatic heterocycles. The lowest BCUT2D eigenvalue weighted by Gasteiger charge is -2.31. The summed E-state index contributed by atoms with van der Waals surface area (Å²) in [5, 5.41) is 10.8. The van der Waals surface area contributed by atoms with Crippen molar-refractivity contribution < 1.29 is 14.4 Å². The summed E-state index contributed by atoms with van der Waals surface area (Å²) in [7, 11) is 0. The second-order valence-electron chi connectivity index (χ2n) is 8.34. The maximum atomic E-state index is 12.8. The average Bonchev–Trinajstić information content (AvgIpc) is 3.42. The van der Waals surface area contributed by atoms with E-state index in [1.54, 1.807) is 46.2 Å². The van der Waals surface area contributed by atoms with Gasteiger partial charge >= 0.3 is 5.97 Å². The highest BCUT2D eigenvalue weighted by Gasteiger charge is 2.26. The molecule has 0 radical (unpaired) electrons. The molecule has 1 aromatic carbocycles. The molecule has 0 saturated carbocycles. The number of rotatable bonds is 6. The zero-order valence-corrected chi connectivity index (χ0v) is 21.4. The number of ketones is 1. The molecule has 1 unspecified atom stereocenters. The van der Waals surface area contributed by atoms with Crippen LogP contribution in [0.5, 0.6) is 0 Å². The molecule has 5 rings (SSSR count). The van der Waals surface area contributed by atoms with Crippen molar-refractivity contribution in [1.82, 2.24) is 24.6 Å². The minimum Gasteiger partial charge on any atom is -0.382 e. The summed E-state index contributed by atoms with van der Waals surface area (Å²) < 4.78 is 1.56. The van der Waals surface area contributed by atoms with Gasteiger partial charge in [0.05, 0.1) is 35.2 Å². The predicted octanol–water partition coefficient (Wildman–Crippen LogP) is 4.59. The van der Waals surface area contributed by atoms with Crippen molar-refractivity contribution in [1.29, 1.82) is 0 Å². The molecule has 4 aromatic rings. The number of aromatic nitrogens is 4. The number of nitrogens with two attached hydrogens (primary N) is 1. The number of nitrogens with one attached hydrogen (secondary N) is 1. The molecule has 36 heavy (non-hydrogen) atoms. The first-order valence-electron chi connectivity index (χ1n) is 11.1. The summed E-state index contributed by atoms with van der Waals surface area (Å²) in [5.74, 6) is -0.469. The van der Waals surface area contributed by atoms with Gasteiger partial charge in [0.15, 0.2) is 16.6 Å². The number of nitrogen functional groups attached to an aromatic ring is 1. The largest absolute Gasteiger partial charge is 0.382 e. The molecule has 4 heterocycles. The van der Waals surface area contributed by atoms with Crippen LogP contribution in [0, 0.1) is 0 Å². The van der Waals surface area contributed by atoms with Crippen LogP contribution in [0.1, 0.15) is 39.9 Å². The molecule has 1 atom stereocenters. The van der Waals surface area contributed by atoms with E-state index in [0.29, 0.717) is 49.9 Å². The van der Waals surface area contributed by atoms with Gasteiger partial charge in [-0.1, -0.05) is 34.5 Å². The first-order chi connectivity index (χ1) is 17.3. The number of anilines is 2. The standard InChI is InChI=1S/C23H21Cl2N7O3S/c1-12(33)20-21(26)29-23(36-20)28-14-3-2-6-31(10-14)35-22(34)18-8-15-9-27-19(11-32(15)30-18)16-5-4-13(24)7-17(16)25/h4-5,7-9,11,14H,2-3,6,10,26H2,1H3,(H,28,29). The minimum absolute atomic E-state index is 0.0196. The van der Waals surface area contributed by atoms with E-state index >= 15 is 0 Å². The highest BCUT2D eigenvalue weighted by atomic mass is 35.5. The summed E-state index contributed by atoms with van der Waals surface area (Å²) in [6, 6.07) is 6.74. The van der Waals surface area contributed by atoms with Crippen molar-refractivity contribution in [2.24, 2.45) is 0 Å². The molecule has 10 nitrogen and oxygen atoms in total. The van der Waals surface area contributed by atoms with Gasteiger partial charge in [0, 0.05) is 36.2 Å². The topological polar surface area (TPSA) is 128 Å². The second-order valence-corrected chi connectivity index (χ2v) is 10.2. The van der Waals surface area contributed by atoms with Gasteiger partial charge in [-0.25, -0.2) is 14.3 Å². The van der Waals surface area contributed by atoms with Gasteiger partial charge in [-0.2, -0.15) is 5.10 Å². The third kappa shape index (κ3) is 5.14. The first-order valence-corrected chi connectivity index (χ1v) is 12.7. The van der Waals surface area contributed by atoms with E-state index < -0.39 is 5.97 Å². The van der Waals surface area contributed by atoms with Crippen LogP contribution in [-0.2, 0) is 4.84 Å². The monoisotopic (exact) mass is 545 g/mol.